The first-order chi connectivity index (χ1) is 9.69. The van der Waals surface area contributed by atoms with Crippen molar-refractivity contribution in [3.8, 4) is 0 Å². The molecule has 0 N–H and O–H groups in total. The van der Waals surface area contributed by atoms with Gasteiger partial charge in [0.25, 0.3) is 0 Å². The van der Waals surface area contributed by atoms with Gasteiger partial charge in [-0.1, -0.05) is 12.1 Å². The lowest BCUT2D eigenvalue weighted by molar-refractivity contribution is 0.532. The Kier molecular flexibility index (Phi) is 3.49. The number of nitrogens with zero attached hydrogens (tertiary/aromatic N) is 4. The number of hydrogen-bond donors (Lipinski definition) is 0. The van der Waals surface area contributed by atoms with Gasteiger partial charge < -0.3 is 4.57 Å². The zero-order chi connectivity index (χ0) is 14.1. The Hall–Kier alpha value is -1.81. The van der Waals surface area contributed by atoms with E-state index in [2.05, 4.69) is 27.6 Å². The van der Waals surface area contributed by atoms with Crippen LogP contribution in [-0.4, -0.2) is 19.3 Å². The molecule has 0 aliphatic rings. The molecule has 104 valence electrons. The second-order valence-electron chi connectivity index (χ2n) is 5.04. The predicted octanol–water partition coefficient (Wildman–Crippen LogP) is 3.29. The van der Waals surface area contributed by atoms with Crippen molar-refractivity contribution < 1.29 is 0 Å². The van der Waals surface area contributed by atoms with Crippen LogP contribution < -0.4 is 0 Å². The van der Waals surface area contributed by atoms with Gasteiger partial charge in [0.2, 0.25) is 0 Å². The highest BCUT2D eigenvalue weighted by Crippen LogP contribution is 2.21. The topological polar surface area (TPSA) is 35.6 Å². The van der Waals surface area contributed by atoms with E-state index < -0.39 is 0 Å². The highest BCUT2D eigenvalue weighted by molar-refractivity contribution is 6.16. The molecule has 0 aliphatic heterocycles. The van der Waals surface area contributed by atoms with Gasteiger partial charge in [-0.2, -0.15) is 5.10 Å². The van der Waals surface area contributed by atoms with Crippen LogP contribution in [0.4, 0.5) is 0 Å². The van der Waals surface area contributed by atoms with Crippen LogP contribution in [0.1, 0.15) is 17.0 Å². The van der Waals surface area contributed by atoms with Crippen LogP contribution in [0.25, 0.3) is 11.0 Å². The number of hydrogen-bond acceptors (Lipinski definition) is 2. The molecule has 0 bridgehead atoms. The molecule has 0 saturated heterocycles. The van der Waals surface area contributed by atoms with E-state index in [9.17, 15) is 0 Å². The van der Waals surface area contributed by atoms with Gasteiger partial charge in [-0.05, 0) is 31.0 Å². The molecule has 0 atom stereocenters. The number of benzene rings is 1. The second-order valence-corrected chi connectivity index (χ2v) is 5.30. The number of para-hydroxylation sites is 1. The summed E-state index contributed by atoms with van der Waals surface area (Å²) >= 11 is 6.04. The van der Waals surface area contributed by atoms with Gasteiger partial charge in [-0.15, -0.1) is 11.6 Å². The highest BCUT2D eigenvalue weighted by Gasteiger charge is 2.11. The van der Waals surface area contributed by atoms with E-state index in [1.54, 1.807) is 0 Å². The van der Waals surface area contributed by atoms with E-state index >= 15 is 0 Å². The van der Waals surface area contributed by atoms with Gasteiger partial charge in [0.05, 0.1) is 29.7 Å². The highest BCUT2D eigenvalue weighted by atomic mass is 35.5. The van der Waals surface area contributed by atoms with E-state index in [0.717, 1.165) is 24.4 Å². The van der Waals surface area contributed by atoms with Crippen LogP contribution in [0.15, 0.2) is 30.6 Å². The van der Waals surface area contributed by atoms with Crippen molar-refractivity contribution in [3.63, 3.8) is 0 Å². The van der Waals surface area contributed by atoms with Crippen LogP contribution in [0.2, 0.25) is 0 Å². The van der Waals surface area contributed by atoms with Crippen LogP contribution in [-0.2, 0) is 19.0 Å². The molecule has 3 rings (SSSR count). The zero-order valence-electron chi connectivity index (χ0n) is 11.7. The summed E-state index contributed by atoms with van der Waals surface area (Å²) in [6.45, 7) is 5.79. The Morgan fingerprint density at radius 2 is 2.05 bits per heavy atom. The van der Waals surface area contributed by atoms with E-state index in [0.29, 0.717) is 5.88 Å². The molecule has 0 unspecified atom stereocenters. The molecule has 0 amide bonds. The summed E-state index contributed by atoms with van der Waals surface area (Å²) in [6.07, 6.45) is 3.92. The van der Waals surface area contributed by atoms with Crippen molar-refractivity contribution in [2.45, 2.75) is 32.8 Å². The molecule has 0 saturated carbocycles. The standard InChI is InChI=1S/C15H17ClN4/c1-11-9-17-19(10-11)6-7-20-14(8-16)18-13-5-3-4-12(2)15(13)20/h3-5,9-10H,6-8H2,1-2H3. The maximum Gasteiger partial charge on any atom is 0.124 e. The summed E-state index contributed by atoms with van der Waals surface area (Å²) in [4.78, 5) is 4.61. The lowest BCUT2D eigenvalue weighted by atomic mass is 10.2. The number of halogens is 1. The lowest BCUT2D eigenvalue weighted by Gasteiger charge is -2.09. The summed E-state index contributed by atoms with van der Waals surface area (Å²) < 4.78 is 4.16. The van der Waals surface area contributed by atoms with Crippen molar-refractivity contribution in [3.05, 3.63) is 47.5 Å². The number of alkyl halides is 1. The molecule has 4 nitrogen and oxygen atoms in total. The van der Waals surface area contributed by atoms with Gasteiger partial charge in [0.15, 0.2) is 0 Å². The van der Waals surface area contributed by atoms with E-state index in [4.69, 9.17) is 11.6 Å². The fraction of sp³-hybridized carbons (Fsp3) is 0.333. The van der Waals surface area contributed by atoms with Crippen molar-refractivity contribution in [1.29, 1.82) is 0 Å². The minimum Gasteiger partial charge on any atom is -0.325 e. The molecule has 0 fully saturated rings. The number of rotatable bonds is 4. The third-order valence-electron chi connectivity index (χ3n) is 3.48. The molecular weight excluding hydrogens is 272 g/mol. The van der Waals surface area contributed by atoms with Gasteiger partial charge >= 0.3 is 0 Å². The normalized spacial score (nSPS) is 11.3. The molecule has 1 aromatic carbocycles. The summed E-state index contributed by atoms with van der Waals surface area (Å²) in [5, 5.41) is 4.32. The Morgan fingerprint density at radius 1 is 1.20 bits per heavy atom. The van der Waals surface area contributed by atoms with Crippen molar-refractivity contribution >= 4 is 22.6 Å². The van der Waals surface area contributed by atoms with Gasteiger partial charge in [-0.3, -0.25) is 4.68 Å². The van der Waals surface area contributed by atoms with Gasteiger partial charge in [0.1, 0.15) is 5.82 Å². The molecular formula is C15H17ClN4. The van der Waals surface area contributed by atoms with Crippen molar-refractivity contribution in [2.24, 2.45) is 0 Å². The Morgan fingerprint density at radius 3 is 2.75 bits per heavy atom. The maximum atomic E-state index is 6.04. The minimum atomic E-state index is 0.423. The largest absolute Gasteiger partial charge is 0.325 e. The summed E-state index contributed by atoms with van der Waals surface area (Å²) in [5.74, 6) is 1.34. The van der Waals surface area contributed by atoms with Crippen LogP contribution in [0.5, 0.6) is 0 Å². The molecule has 2 heterocycles. The molecule has 5 heteroatoms. The summed E-state index contributed by atoms with van der Waals surface area (Å²) in [6, 6.07) is 6.17. The summed E-state index contributed by atoms with van der Waals surface area (Å²) in [5.41, 5.74) is 4.58. The molecule has 2 aromatic heterocycles. The van der Waals surface area contributed by atoms with E-state index in [1.807, 2.05) is 36.1 Å². The first-order valence-electron chi connectivity index (χ1n) is 6.69. The van der Waals surface area contributed by atoms with Crippen LogP contribution in [0.3, 0.4) is 0 Å². The molecule has 0 radical (unpaired) electrons. The minimum absolute atomic E-state index is 0.423. The third-order valence-corrected chi connectivity index (χ3v) is 3.72. The monoisotopic (exact) mass is 288 g/mol. The Labute approximate surface area is 123 Å². The molecule has 0 spiro atoms. The first-order valence-corrected chi connectivity index (χ1v) is 7.22. The van der Waals surface area contributed by atoms with Crippen molar-refractivity contribution in [1.82, 2.24) is 19.3 Å². The number of aromatic nitrogens is 4. The van der Waals surface area contributed by atoms with Crippen molar-refractivity contribution in [2.75, 3.05) is 0 Å². The van der Waals surface area contributed by atoms with Gasteiger partial charge in [-0.25, -0.2) is 4.98 Å². The van der Waals surface area contributed by atoms with Gasteiger partial charge in [0, 0.05) is 12.7 Å². The fourth-order valence-corrected chi connectivity index (χ4v) is 2.75. The van der Waals surface area contributed by atoms with Crippen LogP contribution >= 0.6 is 11.6 Å². The lowest BCUT2D eigenvalue weighted by Crippen LogP contribution is -2.10. The number of aryl methyl sites for hydroxylation is 4. The van der Waals surface area contributed by atoms with E-state index in [-0.39, 0.29) is 0 Å². The fourth-order valence-electron chi connectivity index (χ4n) is 2.55. The number of fused-ring (bicyclic) bond motifs is 1. The second kappa shape index (κ2) is 5.29. The van der Waals surface area contributed by atoms with E-state index in [1.165, 1.54) is 16.6 Å². The average molecular weight is 289 g/mol. The predicted molar refractivity (Wildman–Crippen MR) is 81.0 cm³/mol. The summed E-state index contributed by atoms with van der Waals surface area (Å²) in [7, 11) is 0. The smallest absolute Gasteiger partial charge is 0.124 e. The molecule has 20 heavy (non-hydrogen) atoms. The maximum absolute atomic E-state index is 6.04. The number of imidazole rings is 1. The third kappa shape index (κ3) is 2.31. The SMILES string of the molecule is Cc1cnn(CCn2c(CCl)nc3cccc(C)c32)c1. The first kappa shape index (κ1) is 13.2. The zero-order valence-corrected chi connectivity index (χ0v) is 12.4. The molecule has 0 aliphatic carbocycles. The molecule has 3 aromatic rings. The van der Waals surface area contributed by atoms with Crippen LogP contribution in [0, 0.1) is 13.8 Å². The Bertz CT molecular complexity index is 741. The Balaban J connectivity index is 1.97. The average Bonchev–Trinajstić information content (AvgIpc) is 3.00. The quantitative estimate of drug-likeness (QED) is 0.691.